The fraction of sp³-hybridized carbons (Fsp3) is 0. The van der Waals surface area contributed by atoms with Gasteiger partial charge in [0.25, 0.3) is 10.0 Å². The van der Waals surface area contributed by atoms with Gasteiger partial charge in [-0.3, -0.25) is 0 Å². The number of imidazole rings is 1. The molecule has 2 rings (SSSR count). The Kier molecular flexibility index (Phi) is 1.73. The van der Waals surface area contributed by atoms with E-state index in [0.29, 0.717) is 16.7 Å². The first-order valence-electron chi connectivity index (χ1n) is 3.75. The number of fused-ring (bicyclic) bond motifs is 1. The number of anilines is 1. The van der Waals surface area contributed by atoms with Crippen molar-refractivity contribution in [3.05, 3.63) is 18.2 Å². The molecule has 0 atom stereocenters. The van der Waals surface area contributed by atoms with Crippen molar-refractivity contribution >= 4 is 26.7 Å². The van der Waals surface area contributed by atoms with Gasteiger partial charge in [0.05, 0.1) is 11.0 Å². The van der Waals surface area contributed by atoms with Crippen molar-refractivity contribution in [2.75, 3.05) is 5.73 Å². The number of primary sulfonamides is 1. The highest BCUT2D eigenvalue weighted by atomic mass is 32.2. The first kappa shape index (κ1) is 8.97. The largest absolute Gasteiger partial charge is 0.399 e. The first-order valence-corrected chi connectivity index (χ1v) is 5.29. The highest BCUT2D eigenvalue weighted by Gasteiger charge is 2.13. The fourth-order valence-electron chi connectivity index (χ4n) is 1.14. The molecular weight excluding hydrogens is 204 g/mol. The van der Waals surface area contributed by atoms with Gasteiger partial charge in [-0.1, -0.05) is 0 Å². The maximum absolute atomic E-state index is 10.9. The van der Waals surface area contributed by atoms with Crippen molar-refractivity contribution in [3.63, 3.8) is 0 Å². The predicted octanol–water partition coefficient (Wildman–Crippen LogP) is -0.207. The molecule has 1 aromatic heterocycles. The predicted molar refractivity (Wildman–Crippen MR) is 51.9 cm³/mol. The van der Waals surface area contributed by atoms with Gasteiger partial charge in [-0.25, -0.2) is 18.5 Å². The van der Waals surface area contributed by atoms with Crippen LogP contribution in [0.3, 0.4) is 0 Å². The number of aromatic amines is 1. The average molecular weight is 212 g/mol. The van der Waals surface area contributed by atoms with Gasteiger partial charge >= 0.3 is 0 Å². The van der Waals surface area contributed by atoms with E-state index in [1.165, 1.54) is 0 Å². The van der Waals surface area contributed by atoms with E-state index in [4.69, 9.17) is 10.9 Å². The number of H-pyrrole nitrogens is 1. The van der Waals surface area contributed by atoms with Crippen LogP contribution in [0.5, 0.6) is 0 Å². The molecule has 74 valence electrons. The number of nitrogens with two attached hydrogens (primary N) is 2. The van der Waals surface area contributed by atoms with Crippen molar-refractivity contribution in [2.24, 2.45) is 5.14 Å². The standard InChI is InChI=1S/C7H8N4O2S/c8-4-1-2-5-6(3-4)11-7(10-5)14(9,12)13/h1-3H,8H2,(H,10,11)(H2,9,12,13). The van der Waals surface area contributed by atoms with Crippen LogP contribution in [-0.2, 0) is 10.0 Å². The molecular formula is C7H8N4O2S. The molecule has 0 aliphatic rings. The van der Waals surface area contributed by atoms with Gasteiger partial charge in [-0.15, -0.1) is 0 Å². The van der Waals surface area contributed by atoms with Crippen LogP contribution in [0, 0.1) is 0 Å². The summed E-state index contributed by atoms with van der Waals surface area (Å²) in [7, 11) is -3.79. The highest BCUT2D eigenvalue weighted by Crippen LogP contribution is 2.16. The van der Waals surface area contributed by atoms with Crippen molar-refractivity contribution in [1.82, 2.24) is 9.97 Å². The Morgan fingerprint density at radius 2 is 2.07 bits per heavy atom. The summed E-state index contributed by atoms with van der Waals surface area (Å²) in [5, 5.41) is 4.65. The van der Waals surface area contributed by atoms with Gasteiger partial charge in [-0.05, 0) is 18.2 Å². The topological polar surface area (TPSA) is 115 Å². The molecule has 0 unspecified atom stereocenters. The van der Waals surface area contributed by atoms with E-state index >= 15 is 0 Å². The lowest BCUT2D eigenvalue weighted by molar-refractivity contribution is 0.591. The van der Waals surface area contributed by atoms with E-state index in [2.05, 4.69) is 9.97 Å². The lowest BCUT2D eigenvalue weighted by Crippen LogP contribution is -2.13. The Balaban J connectivity index is 2.75. The molecule has 0 saturated heterocycles. The Morgan fingerprint density at radius 3 is 2.71 bits per heavy atom. The summed E-state index contributed by atoms with van der Waals surface area (Å²) in [6, 6.07) is 4.85. The van der Waals surface area contributed by atoms with E-state index in [-0.39, 0.29) is 5.16 Å². The SMILES string of the molecule is Nc1ccc2nc(S(N)(=O)=O)[nH]c2c1. The zero-order chi connectivity index (χ0) is 10.3. The Hall–Kier alpha value is -1.60. The number of aromatic nitrogens is 2. The van der Waals surface area contributed by atoms with E-state index in [1.54, 1.807) is 18.2 Å². The second-order valence-corrected chi connectivity index (χ2v) is 4.34. The van der Waals surface area contributed by atoms with Gasteiger partial charge in [0.1, 0.15) is 0 Å². The minimum absolute atomic E-state index is 0.252. The third kappa shape index (κ3) is 1.42. The number of nitrogens with one attached hydrogen (secondary N) is 1. The summed E-state index contributed by atoms with van der Waals surface area (Å²) < 4.78 is 21.9. The minimum Gasteiger partial charge on any atom is -0.399 e. The van der Waals surface area contributed by atoms with Gasteiger partial charge in [0, 0.05) is 5.69 Å². The Bertz CT molecular complexity index is 587. The zero-order valence-electron chi connectivity index (χ0n) is 7.06. The van der Waals surface area contributed by atoms with Gasteiger partial charge in [0.15, 0.2) is 0 Å². The molecule has 0 saturated carbocycles. The monoisotopic (exact) mass is 212 g/mol. The normalized spacial score (nSPS) is 12.1. The van der Waals surface area contributed by atoms with E-state index in [1.807, 2.05) is 0 Å². The molecule has 6 nitrogen and oxygen atoms in total. The van der Waals surface area contributed by atoms with Crippen LogP contribution in [0.15, 0.2) is 23.4 Å². The van der Waals surface area contributed by atoms with E-state index in [0.717, 1.165) is 0 Å². The maximum Gasteiger partial charge on any atom is 0.271 e. The number of rotatable bonds is 1. The summed E-state index contributed by atoms with van der Waals surface area (Å²) >= 11 is 0. The van der Waals surface area contributed by atoms with Crippen LogP contribution in [0.2, 0.25) is 0 Å². The van der Waals surface area contributed by atoms with Crippen molar-refractivity contribution in [1.29, 1.82) is 0 Å². The molecule has 0 aliphatic heterocycles. The first-order chi connectivity index (χ1) is 6.47. The molecule has 2 aromatic rings. The molecule has 0 aliphatic carbocycles. The molecule has 1 heterocycles. The second kappa shape index (κ2) is 2.69. The quantitative estimate of drug-likeness (QED) is 0.567. The minimum atomic E-state index is -3.79. The average Bonchev–Trinajstić information content (AvgIpc) is 2.45. The molecule has 0 radical (unpaired) electrons. The van der Waals surface area contributed by atoms with Crippen LogP contribution in [0.4, 0.5) is 5.69 Å². The maximum atomic E-state index is 10.9. The Labute approximate surface area is 80.0 Å². The molecule has 5 N–H and O–H groups in total. The third-order valence-corrected chi connectivity index (χ3v) is 2.49. The number of benzene rings is 1. The smallest absolute Gasteiger partial charge is 0.271 e. The van der Waals surface area contributed by atoms with Gasteiger partial charge in [-0.2, -0.15) is 0 Å². The van der Waals surface area contributed by atoms with Crippen molar-refractivity contribution < 1.29 is 8.42 Å². The number of sulfonamides is 1. The summed E-state index contributed by atoms with van der Waals surface area (Å²) in [5.74, 6) is 0. The molecule has 0 bridgehead atoms. The van der Waals surface area contributed by atoms with Crippen LogP contribution in [0.25, 0.3) is 11.0 Å². The molecule has 14 heavy (non-hydrogen) atoms. The van der Waals surface area contributed by atoms with Gasteiger partial charge < -0.3 is 10.7 Å². The van der Waals surface area contributed by atoms with Crippen LogP contribution < -0.4 is 10.9 Å². The van der Waals surface area contributed by atoms with Crippen LogP contribution in [0.1, 0.15) is 0 Å². The number of hydrogen-bond acceptors (Lipinski definition) is 4. The summed E-state index contributed by atoms with van der Waals surface area (Å²) in [6.45, 7) is 0. The molecule has 0 spiro atoms. The van der Waals surface area contributed by atoms with E-state index < -0.39 is 10.0 Å². The third-order valence-electron chi connectivity index (χ3n) is 1.75. The number of hydrogen-bond donors (Lipinski definition) is 3. The fourth-order valence-corrected chi connectivity index (χ4v) is 1.62. The lowest BCUT2D eigenvalue weighted by Gasteiger charge is -1.89. The van der Waals surface area contributed by atoms with Crippen molar-refractivity contribution in [3.8, 4) is 0 Å². The molecule has 0 fully saturated rings. The zero-order valence-corrected chi connectivity index (χ0v) is 7.88. The van der Waals surface area contributed by atoms with E-state index in [9.17, 15) is 8.42 Å². The molecule has 1 aromatic carbocycles. The summed E-state index contributed by atoms with van der Waals surface area (Å²) in [5.41, 5.74) is 7.11. The number of nitrogen functional groups attached to an aromatic ring is 1. The molecule has 7 heteroatoms. The van der Waals surface area contributed by atoms with Crippen LogP contribution >= 0.6 is 0 Å². The summed E-state index contributed by atoms with van der Waals surface area (Å²) in [4.78, 5) is 6.37. The van der Waals surface area contributed by atoms with Crippen LogP contribution in [-0.4, -0.2) is 18.4 Å². The number of nitrogens with zero attached hydrogens (tertiary/aromatic N) is 1. The summed E-state index contributed by atoms with van der Waals surface area (Å²) in [6.07, 6.45) is 0. The van der Waals surface area contributed by atoms with Gasteiger partial charge in [0.2, 0.25) is 5.16 Å². The highest BCUT2D eigenvalue weighted by molar-refractivity contribution is 7.89. The second-order valence-electron chi connectivity index (χ2n) is 2.86. The molecule has 0 amide bonds. The lowest BCUT2D eigenvalue weighted by atomic mass is 10.3. The Morgan fingerprint density at radius 1 is 1.36 bits per heavy atom. The van der Waals surface area contributed by atoms with Crippen molar-refractivity contribution in [2.45, 2.75) is 5.16 Å².